The van der Waals surface area contributed by atoms with Gasteiger partial charge < -0.3 is 4.98 Å². The van der Waals surface area contributed by atoms with Gasteiger partial charge in [0.15, 0.2) is 5.16 Å². The first kappa shape index (κ1) is 16.5. The first-order valence-corrected chi connectivity index (χ1v) is 8.79. The van der Waals surface area contributed by atoms with E-state index in [1.54, 1.807) is 10.6 Å². The van der Waals surface area contributed by atoms with Crippen LogP contribution in [0.1, 0.15) is 37.8 Å². The molecule has 0 aliphatic carbocycles. The number of hydrogen-bond acceptors (Lipinski definition) is 5. The molecule has 2 aromatic heterocycles. The van der Waals surface area contributed by atoms with Crippen molar-refractivity contribution in [1.82, 2.24) is 24.7 Å². The van der Waals surface area contributed by atoms with Gasteiger partial charge in [-0.05, 0) is 25.5 Å². The van der Waals surface area contributed by atoms with Gasteiger partial charge in [0.25, 0.3) is 5.56 Å². The molecule has 0 spiro atoms. The number of rotatable bonds is 6. The Kier molecular flexibility index (Phi) is 4.84. The molecule has 3 aromatic rings. The summed E-state index contributed by atoms with van der Waals surface area (Å²) in [4.78, 5) is 31.4. The van der Waals surface area contributed by atoms with Crippen LogP contribution < -0.4 is 11.2 Å². The van der Waals surface area contributed by atoms with Gasteiger partial charge in [0.05, 0.1) is 16.2 Å². The van der Waals surface area contributed by atoms with Crippen molar-refractivity contribution in [3.05, 3.63) is 50.9 Å². The topological polar surface area (TPSA) is 96.4 Å². The number of aromatic amines is 2. The number of H-pyrrole nitrogens is 2. The zero-order valence-corrected chi connectivity index (χ0v) is 14.4. The van der Waals surface area contributed by atoms with Crippen molar-refractivity contribution in [3.8, 4) is 0 Å². The van der Waals surface area contributed by atoms with E-state index in [4.69, 9.17) is 0 Å². The third-order valence-electron chi connectivity index (χ3n) is 3.76. The first-order chi connectivity index (χ1) is 11.6. The van der Waals surface area contributed by atoms with Gasteiger partial charge in [-0.2, -0.15) is 0 Å². The molecule has 126 valence electrons. The highest BCUT2D eigenvalue weighted by Gasteiger charge is 2.17. The Hall–Kier alpha value is -2.35. The molecule has 8 heteroatoms. The van der Waals surface area contributed by atoms with E-state index in [2.05, 4.69) is 27.1 Å². The summed E-state index contributed by atoms with van der Waals surface area (Å²) in [6.07, 6.45) is 1.91. The van der Waals surface area contributed by atoms with Crippen molar-refractivity contribution < 1.29 is 0 Å². The minimum Gasteiger partial charge on any atom is -0.309 e. The highest BCUT2D eigenvalue weighted by Crippen LogP contribution is 2.31. The Morgan fingerprint density at radius 2 is 2.08 bits per heavy atom. The fraction of sp³-hybridized carbons (Fsp3) is 0.375. The van der Waals surface area contributed by atoms with Crippen LogP contribution in [0.5, 0.6) is 0 Å². The largest absolute Gasteiger partial charge is 0.343 e. The maximum atomic E-state index is 12.2. The fourth-order valence-electron chi connectivity index (χ4n) is 2.42. The van der Waals surface area contributed by atoms with Crippen molar-refractivity contribution in [2.75, 3.05) is 0 Å². The number of thioether (sulfide) groups is 1. The Morgan fingerprint density at radius 3 is 2.88 bits per heavy atom. The zero-order valence-electron chi connectivity index (χ0n) is 13.6. The van der Waals surface area contributed by atoms with Gasteiger partial charge in [0, 0.05) is 6.54 Å². The summed E-state index contributed by atoms with van der Waals surface area (Å²) < 4.78 is 1.63. The molecule has 24 heavy (non-hydrogen) atoms. The Morgan fingerprint density at radius 1 is 1.29 bits per heavy atom. The molecule has 0 aliphatic heterocycles. The molecule has 0 bridgehead atoms. The quantitative estimate of drug-likeness (QED) is 0.669. The lowest BCUT2D eigenvalue weighted by Crippen LogP contribution is -2.18. The van der Waals surface area contributed by atoms with Crippen LogP contribution in [0, 0.1) is 0 Å². The van der Waals surface area contributed by atoms with Gasteiger partial charge in [-0.25, -0.2) is 14.9 Å². The Bertz CT molecular complexity index is 959. The van der Waals surface area contributed by atoms with Crippen molar-refractivity contribution in [2.24, 2.45) is 0 Å². The molecule has 1 atom stereocenters. The van der Waals surface area contributed by atoms with Crippen LogP contribution >= 0.6 is 11.8 Å². The van der Waals surface area contributed by atoms with Gasteiger partial charge in [-0.3, -0.25) is 9.36 Å². The maximum absolute atomic E-state index is 12.2. The van der Waals surface area contributed by atoms with E-state index in [-0.39, 0.29) is 16.5 Å². The lowest BCUT2D eigenvalue weighted by molar-refractivity contribution is 0.572. The summed E-state index contributed by atoms with van der Waals surface area (Å²) in [6.45, 7) is 4.63. The maximum Gasteiger partial charge on any atom is 0.343 e. The first-order valence-electron chi connectivity index (χ1n) is 7.91. The Balaban J connectivity index is 1.89. The summed E-state index contributed by atoms with van der Waals surface area (Å²) in [5, 5.41) is 7.61. The SMILES string of the molecule is CCCCn1c(SC(C)c2nc3ccccc3c(=O)[nH]2)n[nH]c1=O. The van der Waals surface area contributed by atoms with Crippen molar-refractivity contribution in [2.45, 2.75) is 43.6 Å². The number of fused-ring (bicyclic) bond motifs is 1. The molecule has 0 saturated carbocycles. The number of nitrogens with zero attached hydrogens (tertiary/aromatic N) is 3. The zero-order chi connectivity index (χ0) is 17.1. The average molecular weight is 345 g/mol. The van der Waals surface area contributed by atoms with Crippen molar-refractivity contribution in [3.63, 3.8) is 0 Å². The third kappa shape index (κ3) is 3.28. The van der Waals surface area contributed by atoms with E-state index in [1.165, 1.54) is 11.8 Å². The molecular formula is C16H19N5O2S. The van der Waals surface area contributed by atoms with Crippen LogP contribution in [-0.2, 0) is 6.54 Å². The number of benzene rings is 1. The van der Waals surface area contributed by atoms with Gasteiger partial charge >= 0.3 is 5.69 Å². The minimum absolute atomic E-state index is 0.141. The number of aromatic nitrogens is 5. The second kappa shape index (κ2) is 7.04. The predicted octanol–water partition coefficient (Wildman–Crippen LogP) is 2.46. The molecule has 2 heterocycles. The van der Waals surface area contributed by atoms with E-state index >= 15 is 0 Å². The molecule has 2 N–H and O–H groups in total. The van der Waals surface area contributed by atoms with Crippen LogP contribution in [0.4, 0.5) is 0 Å². The molecule has 0 amide bonds. The number of unbranched alkanes of at least 4 members (excludes halogenated alkanes) is 1. The number of nitrogens with one attached hydrogen (secondary N) is 2. The molecule has 0 saturated heterocycles. The highest BCUT2D eigenvalue weighted by molar-refractivity contribution is 7.99. The van der Waals surface area contributed by atoms with E-state index < -0.39 is 0 Å². The van der Waals surface area contributed by atoms with E-state index in [9.17, 15) is 9.59 Å². The monoisotopic (exact) mass is 345 g/mol. The smallest absolute Gasteiger partial charge is 0.309 e. The molecule has 0 aliphatic rings. The predicted molar refractivity (Wildman–Crippen MR) is 94.4 cm³/mol. The summed E-state index contributed by atoms with van der Waals surface area (Å²) in [7, 11) is 0. The van der Waals surface area contributed by atoms with Gasteiger partial charge in [-0.1, -0.05) is 37.2 Å². The molecule has 3 rings (SSSR count). The average Bonchev–Trinajstić information content (AvgIpc) is 2.92. The molecule has 0 radical (unpaired) electrons. The minimum atomic E-state index is -0.210. The molecule has 0 fully saturated rings. The van der Waals surface area contributed by atoms with Gasteiger partial charge in [0.1, 0.15) is 5.82 Å². The lowest BCUT2D eigenvalue weighted by Gasteiger charge is -2.11. The standard InChI is InChI=1S/C16H19N5O2S/c1-3-4-9-21-15(23)19-20-16(21)24-10(2)13-17-12-8-6-5-7-11(12)14(22)18-13/h5-8,10H,3-4,9H2,1-2H3,(H,19,23)(H,17,18,22). The van der Waals surface area contributed by atoms with E-state index in [0.29, 0.717) is 28.4 Å². The molecular weight excluding hydrogens is 326 g/mol. The van der Waals surface area contributed by atoms with Crippen LogP contribution in [0.25, 0.3) is 10.9 Å². The van der Waals surface area contributed by atoms with Crippen LogP contribution in [0.15, 0.2) is 39.0 Å². The summed E-state index contributed by atoms with van der Waals surface area (Å²) >= 11 is 1.40. The normalized spacial score (nSPS) is 12.6. The van der Waals surface area contributed by atoms with Crippen molar-refractivity contribution >= 4 is 22.7 Å². The molecule has 1 unspecified atom stereocenters. The second-order valence-electron chi connectivity index (χ2n) is 5.54. The van der Waals surface area contributed by atoms with E-state index in [0.717, 1.165) is 12.8 Å². The Labute approximate surface area is 142 Å². The molecule has 1 aromatic carbocycles. The van der Waals surface area contributed by atoms with Crippen LogP contribution in [0.3, 0.4) is 0 Å². The summed E-state index contributed by atoms with van der Waals surface area (Å²) in [5.74, 6) is 0.571. The van der Waals surface area contributed by atoms with Crippen LogP contribution in [-0.4, -0.2) is 24.7 Å². The van der Waals surface area contributed by atoms with Crippen molar-refractivity contribution in [1.29, 1.82) is 0 Å². The highest BCUT2D eigenvalue weighted by atomic mass is 32.2. The number of para-hydroxylation sites is 1. The molecule has 7 nitrogen and oxygen atoms in total. The summed E-state index contributed by atoms with van der Waals surface area (Å²) in [6, 6.07) is 7.23. The second-order valence-corrected chi connectivity index (χ2v) is 6.85. The van der Waals surface area contributed by atoms with E-state index in [1.807, 2.05) is 25.1 Å². The van der Waals surface area contributed by atoms with Crippen LogP contribution in [0.2, 0.25) is 0 Å². The van der Waals surface area contributed by atoms with Gasteiger partial charge in [0.2, 0.25) is 0 Å². The lowest BCUT2D eigenvalue weighted by atomic mass is 10.2. The third-order valence-corrected chi connectivity index (χ3v) is 4.86. The number of hydrogen-bond donors (Lipinski definition) is 2. The summed E-state index contributed by atoms with van der Waals surface area (Å²) in [5.41, 5.74) is 0.292. The van der Waals surface area contributed by atoms with Gasteiger partial charge in [-0.15, -0.1) is 5.10 Å². The fourth-order valence-corrected chi connectivity index (χ4v) is 3.36.